The van der Waals surface area contributed by atoms with Gasteiger partial charge in [0.15, 0.2) is 0 Å². The molecular formula is C16H14INO4. The molecule has 0 aliphatic heterocycles. The Morgan fingerprint density at radius 1 is 1.27 bits per heavy atom. The Balaban J connectivity index is 2.31. The Hall–Kier alpha value is -2.09. The normalized spacial score (nSPS) is 10.3. The van der Waals surface area contributed by atoms with Crippen molar-refractivity contribution in [3.05, 3.63) is 62.2 Å². The smallest absolute Gasteiger partial charge is 0.339 e. The molecule has 1 amide bonds. The van der Waals surface area contributed by atoms with E-state index in [1.54, 1.807) is 29.5 Å². The summed E-state index contributed by atoms with van der Waals surface area (Å²) in [7, 11) is 0. The zero-order valence-corrected chi connectivity index (χ0v) is 14.0. The minimum absolute atomic E-state index is 0.0261. The number of hydrogen-bond acceptors (Lipinski definition) is 4. The maximum atomic E-state index is 12.2. The molecule has 0 spiro atoms. The Labute approximate surface area is 141 Å². The van der Waals surface area contributed by atoms with Gasteiger partial charge in [-0.05, 0) is 46.7 Å². The molecular weight excluding hydrogens is 397 g/mol. The van der Waals surface area contributed by atoms with Crippen molar-refractivity contribution in [2.24, 2.45) is 5.73 Å². The van der Waals surface area contributed by atoms with Crippen LogP contribution in [0.5, 0.6) is 5.75 Å². The van der Waals surface area contributed by atoms with Gasteiger partial charge in [0, 0.05) is 0 Å². The Morgan fingerprint density at radius 3 is 2.50 bits per heavy atom. The number of nitrogens with two attached hydrogens (primary N) is 1. The SMILES string of the molecule is Cc1cc(C(=O)OCc2ccccc2)c(C(N)=O)c(I)c1O. The third kappa shape index (κ3) is 3.38. The Morgan fingerprint density at radius 2 is 1.91 bits per heavy atom. The predicted molar refractivity (Wildman–Crippen MR) is 89.6 cm³/mol. The van der Waals surface area contributed by atoms with E-state index in [0.29, 0.717) is 5.56 Å². The summed E-state index contributed by atoms with van der Waals surface area (Å²) in [5.74, 6) is -1.50. The maximum absolute atomic E-state index is 12.2. The van der Waals surface area contributed by atoms with E-state index >= 15 is 0 Å². The number of phenols is 1. The van der Waals surface area contributed by atoms with Gasteiger partial charge in [0.1, 0.15) is 12.4 Å². The number of esters is 1. The van der Waals surface area contributed by atoms with Crippen molar-refractivity contribution in [3.8, 4) is 5.75 Å². The van der Waals surface area contributed by atoms with Crippen LogP contribution in [0.15, 0.2) is 36.4 Å². The molecule has 2 aromatic rings. The molecule has 0 heterocycles. The molecule has 0 aromatic heterocycles. The number of ether oxygens (including phenoxy) is 1. The highest BCUT2D eigenvalue weighted by molar-refractivity contribution is 14.1. The second kappa shape index (κ2) is 6.78. The summed E-state index contributed by atoms with van der Waals surface area (Å²) >= 11 is 1.79. The summed E-state index contributed by atoms with van der Waals surface area (Å²) in [4.78, 5) is 23.8. The molecule has 3 N–H and O–H groups in total. The van der Waals surface area contributed by atoms with E-state index in [4.69, 9.17) is 10.5 Å². The molecule has 0 atom stereocenters. The number of rotatable bonds is 4. The lowest BCUT2D eigenvalue weighted by Gasteiger charge is -2.12. The molecule has 0 bridgehead atoms. The van der Waals surface area contributed by atoms with Crippen LogP contribution in [0.2, 0.25) is 0 Å². The Kier molecular flexibility index (Phi) is 5.02. The molecule has 2 aromatic carbocycles. The van der Waals surface area contributed by atoms with Gasteiger partial charge in [0.05, 0.1) is 14.7 Å². The number of carbonyl (C=O) groups excluding carboxylic acids is 2. The summed E-state index contributed by atoms with van der Waals surface area (Å²) < 4.78 is 5.47. The highest BCUT2D eigenvalue weighted by Crippen LogP contribution is 2.30. The topological polar surface area (TPSA) is 89.6 Å². The summed E-state index contributed by atoms with van der Waals surface area (Å²) in [6.07, 6.45) is 0. The van der Waals surface area contributed by atoms with E-state index in [2.05, 4.69) is 0 Å². The minimum Gasteiger partial charge on any atom is -0.507 e. The number of aryl methyl sites for hydroxylation is 1. The number of carbonyl (C=O) groups is 2. The second-order valence-electron chi connectivity index (χ2n) is 4.70. The summed E-state index contributed by atoms with van der Waals surface area (Å²) in [5.41, 5.74) is 6.66. The molecule has 0 unspecified atom stereocenters. The molecule has 114 valence electrons. The molecule has 5 nitrogen and oxygen atoms in total. The first-order valence-corrected chi connectivity index (χ1v) is 7.52. The van der Waals surface area contributed by atoms with Gasteiger partial charge in [0.25, 0.3) is 5.91 Å². The number of benzene rings is 2. The van der Waals surface area contributed by atoms with Gasteiger partial charge in [-0.3, -0.25) is 4.79 Å². The van der Waals surface area contributed by atoms with Crippen LogP contribution >= 0.6 is 22.6 Å². The molecule has 22 heavy (non-hydrogen) atoms. The largest absolute Gasteiger partial charge is 0.507 e. The van der Waals surface area contributed by atoms with Gasteiger partial charge in [-0.25, -0.2) is 4.79 Å². The molecule has 0 aliphatic rings. The molecule has 6 heteroatoms. The number of hydrogen-bond donors (Lipinski definition) is 2. The first-order chi connectivity index (χ1) is 10.4. The van der Waals surface area contributed by atoms with E-state index in [9.17, 15) is 14.7 Å². The van der Waals surface area contributed by atoms with Crippen LogP contribution < -0.4 is 5.73 Å². The number of aromatic hydroxyl groups is 1. The van der Waals surface area contributed by atoms with Gasteiger partial charge in [-0.2, -0.15) is 0 Å². The quantitative estimate of drug-likeness (QED) is 0.598. The number of primary amides is 1. The number of amides is 1. The van der Waals surface area contributed by atoms with Crippen molar-refractivity contribution < 1.29 is 19.4 Å². The Bertz CT molecular complexity index is 729. The first kappa shape index (κ1) is 16.3. The highest BCUT2D eigenvalue weighted by atomic mass is 127. The predicted octanol–water partition coefficient (Wildman–Crippen LogP) is 2.76. The summed E-state index contributed by atoms with van der Waals surface area (Å²) in [6, 6.07) is 10.6. The first-order valence-electron chi connectivity index (χ1n) is 6.44. The average Bonchev–Trinajstić information content (AvgIpc) is 2.50. The van der Waals surface area contributed by atoms with Crippen LogP contribution in [-0.2, 0) is 11.3 Å². The van der Waals surface area contributed by atoms with E-state index in [1.165, 1.54) is 6.07 Å². The monoisotopic (exact) mass is 411 g/mol. The van der Waals surface area contributed by atoms with E-state index in [0.717, 1.165) is 5.56 Å². The van der Waals surface area contributed by atoms with Crippen molar-refractivity contribution >= 4 is 34.5 Å². The van der Waals surface area contributed by atoms with Gasteiger partial charge < -0.3 is 15.6 Å². The van der Waals surface area contributed by atoms with Crippen molar-refractivity contribution in [2.45, 2.75) is 13.5 Å². The van der Waals surface area contributed by atoms with Crippen molar-refractivity contribution in [3.63, 3.8) is 0 Å². The van der Waals surface area contributed by atoms with Crippen molar-refractivity contribution in [2.75, 3.05) is 0 Å². The molecule has 0 aliphatic carbocycles. The number of phenolic OH excluding ortho intramolecular Hbond substituents is 1. The molecule has 0 saturated heterocycles. The highest BCUT2D eigenvalue weighted by Gasteiger charge is 2.23. The third-order valence-corrected chi connectivity index (χ3v) is 4.16. The van der Waals surface area contributed by atoms with Gasteiger partial charge in [-0.15, -0.1) is 0 Å². The fourth-order valence-electron chi connectivity index (χ4n) is 1.97. The maximum Gasteiger partial charge on any atom is 0.339 e. The fourth-order valence-corrected chi connectivity index (χ4v) is 2.95. The van der Waals surface area contributed by atoms with Crippen molar-refractivity contribution in [1.29, 1.82) is 0 Å². The summed E-state index contributed by atoms with van der Waals surface area (Å²) in [5, 5.41) is 9.88. The van der Waals surface area contributed by atoms with Crippen LogP contribution in [0.25, 0.3) is 0 Å². The van der Waals surface area contributed by atoms with E-state index in [1.807, 2.05) is 30.3 Å². The lowest BCUT2D eigenvalue weighted by Crippen LogP contribution is -2.20. The van der Waals surface area contributed by atoms with E-state index < -0.39 is 11.9 Å². The molecule has 0 saturated carbocycles. The zero-order chi connectivity index (χ0) is 16.3. The standard InChI is InChI=1S/C16H14INO4/c1-9-7-11(12(15(18)20)13(17)14(9)19)16(21)22-8-10-5-3-2-4-6-10/h2-7,19H,8H2,1H3,(H2,18,20). The van der Waals surface area contributed by atoms with Gasteiger partial charge in [0.2, 0.25) is 0 Å². The molecule has 0 radical (unpaired) electrons. The molecule has 0 fully saturated rings. The van der Waals surface area contributed by atoms with Crippen LogP contribution in [0.3, 0.4) is 0 Å². The lowest BCUT2D eigenvalue weighted by atomic mass is 10.0. The second-order valence-corrected chi connectivity index (χ2v) is 5.78. The van der Waals surface area contributed by atoms with Gasteiger partial charge in [-0.1, -0.05) is 30.3 Å². The van der Waals surface area contributed by atoms with Crippen LogP contribution in [0.1, 0.15) is 31.8 Å². The lowest BCUT2D eigenvalue weighted by molar-refractivity contribution is 0.0469. The number of halogens is 1. The van der Waals surface area contributed by atoms with Crippen LogP contribution in [0.4, 0.5) is 0 Å². The van der Waals surface area contributed by atoms with Crippen LogP contribution in [-0.4, -0.2) is 17.0 Å². The van der Waals surface area contributed by atoms with Gasteiger partial charge >= 0.3 is 5.97 Å². The van der Waals surface area contributed by atoms with E-state index in [-0.39, 0.29) is 27.1 Å². The van der Waals surface area contributed by atoms with Crippen LogP contribution in [0, 0.1) is 10.5 Å². The zero-order valence-electron chi connectivity index (χ0n) is 11.8. The molecule has 2 rings (SSSR count). The minimum atomic E-state index is -0.786. The average molecular weight is 411 g/mol. The van der Waals surface area contributed by atoms with Crippen molar-refractivity contribution in [1.82, 2.24) is 0 Å². The third-order valence-electron chi connectivity index (χ3n) is 3.11. The fraction of sp³-hybridized carbons (Fsp3) is 0.125. The summed E-state index contributed by atoms with van der Waals surface area (Å²) in [6.45, 7) is 1.73.